The predicted molar refractivity (Wildman–Crippen MR) is 117 cm³/mol. The van der Waals surface area contributed by atoms with Gasteiger partial charge < -0.3 is 45.6 Å². The van der Waals surface area contributed by atoms with E-state index in [2.05, 4.69) is 16.6 Å². The van der Waals surface area contributed by atoms with E-state index in [1.165, 1.54) is 24.3 Å². The van der Waals surface area contributed by atoms with Crippen molar-refractivity contribution in [1.29, 1.82) is 0 Å². The number of terminal acetylenes is 1. The summed E-state index contributed by atoms with van der Waals surface area (Å²) in [6, 6.07) is 5.50. The number of nitrogens with one attached hydrogen (secondary N) is 2. The number of ether oxygens (including phenoxy) is 2. The molecule has 1 aliphatic heterocycles. The minimum atomic E-state index is -1.89. The molecular weight excluding hydrogens is 452 g/mol. The van der Waals surface area contributed by atoms with Crippen molar-refractivity contribution in [3.8, 4) is 18.1 Å². The molecule has 0 bridgehead atoms. The molecule has 34 heavy (non-hydrogen) atoms. The standard InChI is InChI=1S/C22H28N2O10/c1-2-3-4-5-10-23-22(32)24-12-6-8-13(9-7-12)33-21-18(27)17(26)16(25)15(34-21)11-14(19(28)29)20(30)31/h1,6-9,14-18,21,25-27H,3-5,10-11H2,(H,28,29)(H,30,31)(H2,23,24,32)/t15-,16-,17+,18+,21+/m1/s1. The summed E-state index contributed by atoms with van der Waals surface area (Å²) in [6.45, 7) is 0.464. The monoisotopic (exact) mass is 480 g/mol. The van der Waals surface area contributed by atoms with E-state index in [9.17, 15) is 29.7 Å². The van der Waals surface area contributed by atoms with Gasteiger partial charge in [-0.2, -0.15) is 0 Å². The van der Waals surface area contributed by atoms with Crippen molar-refractivity contribution >= 4 is 23.7 Å². The van der Waals surface area contributed by atoms with Crippen LogP contribution in [0.5, 0.6) is 5.75 Å². The van der Waals surface area contributed by atoms with Crippen LogP contribution >= 0.6 is 0 Å². The van der Waals surface area contributed by atoms with Crippen molar-refractivity contribution in [1.82, 2.24) is 5.32 Å². The lowest BCUT2D eigenvalue weighted by Crippen LogP contribution is -2.59. The summed E-state index contributed by atoms with van der Waals surface area (Å²) >= 11 is 0. The van der Waals surface area contributed by atoms with E-state index in [1.54, 1.807) is 0 Å². The first kappa shape index (κ1) is 26.9. The molecule has 5 atom stereocenters. The number of carboxylic acids is 2. The van der Waals surface area contributed by atoms with Crippen molar-refractivity contribution in [2.75, 3.05) is 11.9 Å². The molecule has 1 saturated heterocycles. The number of unbranched alkanes of at least 4 members (excludes halogenated alkanes) is 2. The SMILES string of the molecule is C#CCCCCNC(=O)Nc1ccc(O[C@H]2O[C@H](CC(C(=O)O)C(=O)O)[C@@H](O)[C@H](O)[C@@H]2O)cc1. The number of aliphatic hydroxyl groups excluding tert-OH is 3. The number of rotatable bonds is 11. The fourth-order valence-electron chi connectivity index (χ4n) is 3.23. The number of amides is 2. The molecule has 7 N–H and O–H groups in total. The van der Waals surface area contributed by atoms with E-state index < -0.39 is 61.0 Å². The number of aliphatic hydroxyl groups is 3. The number of urea groups is 1. The predicted octanol–water partition coefficient (Wildman–Crippen LogP) is -0.0265. The second-order valence-electron chi connectivity index (χ2n) is 7.66. The van der Waals surface area contributed by atoms with Crippen LogP contribution in [0.4, 0.5) is 10.5 Å². The van der Waals surface area contributed by atoms with Gasteiger partial charge in [0.05, 0.1) is 6.10 Å². The first-order valence-corrected chi connectivity index (χ1v) is 10.5. The highest BCUT2D eigenvalue weighted by Gasteiger charge is 2.47. The first-order valence-electron chi connectivity index (χ1n) is 10.5. The maximum Gasteiger partial charge on any atom is 0.319 e. The van der Waals surface area contributed by atoms with Crippen LogP contribution in [-0.4, -0.2) is 80.8 Å². The van der Waals surface area contributed by atoms with Crippen LogP contribution < -0.4 is 15.4 Å². The Morgan fingerprint density at radius 3 is 2.26 bits per heavy atom. The van der Waals surface area contributed by atoms with Gasteiger partial charge in [-0.1, -0.05) is 0 Å². The smallest absolute Gasteiger partial charge is 0.319 e. The summed E-state index contributed by atoms with van der Waals surface area (Å²) in [4.78, 5) is 34.2. The second kappa shape index (κ2) is 12.8. The molecule has 0 unspecified atom stereocenters. The summed E-state index contributed by atoms with van der Waals surface area (Å²) in [7, 11) is 0. The van der Waals surface area contributed by atoms with Gasteiger partial charge in [-0.05, 0) is 37.1 Å². The quantitative estimate of drug-likeness (QED) is 0.128. The average molecular weight is 480 g/mol. The van der Waals surface area contributed by atoms with Crippen molar-refractivity contribution in [3.63, 3.8) is 0 Å². The second-order valence-corrected chi connectivity index (χ2v) is 7.66. The lowest BCUT2D eigenvalue weighted by molar-refractivity contribution is -0.275. The zero-order valence-corrected chi connectivity index (χ0v) is 18.2. The van der Waals surface area contributed by atoms with E-state index in [4.69, 9.17) is 26.1 Å². The molecule has 0 spiro atoms. The Morgan fingerprint density at radius 1 is 1.03 bits per heavy atom. The van der Waals surface area contributed by atoms with Gasteiger partial charge in [0.25, 0.3) is 0 Å². The summed E-state index contributed by atoms with van der Waals surface area (Å²) in [6.07, 6.45) is -1.44. The van der Waals surface area contributed by atoms with Crippen LogP contribution in [0.25, 0.3) is 0 Å². The summed E-state index contributed by atoms with van der Waals surface area (Å²) in [5.41, 5.74) is 0.442. The Labute approximate surface area is 195 Å². The lowest BCUT2D eigenvalue weighted by atomic mass is 9.91. The fraction of sp³-hybridized carbons (Fsp3) is 0.500. The van der Waals surface area contributed by atoms with E-state index in [-0.39, 0.29) is 5.75 Å². The Balaban J connectivity index is 1.95. The van der Waals surface area contributed by atoms with E-state index in [0.717, 1.165) is 12.8 Å². The van der Waals surface area contributed by atoms with Crippen LogP contribution in [0.15, 0.2) is 24.3 Å². The van der Waals surface area contributed by atoms with Crippen LogP contribution in [0.1, 0.15) is 25.7 Å². The minimum Gasteiger partial charge on any atom is -0.481 e. The van der Waals surface area contributed by atoms with Crippen molar-refractivity contribution in [2.45, 2.75) is 56.4 Å². The first-order chi connectivity index (χ1) is 16.1. The molecule has 12 heteroatoms. The number of hydrogen-bond acceptors (Lipinski definition) is 8. The van der Waals surface area contributed by atoms with Crippen molar-refractivity contribution in [2.24, 2.45) is 5.92 Å². The minimum absolute atomic E-state index is 0.166. The van der Waals surface area contributed by atoms with E-state index in [0.29, 0.717) is 18.7 Å². The lowest BCUT2D eigenvalue weighted by Gasteiger charge is -2.40. The van der Waals surface area contributed by atoms with Gasteiger partial charge in [0.15, 0.2) is 5.92 Å². The molecule has 12 nitrogen and oxygen atoms in total. The van der Waals surface area contributed by atoms with E-state index >= 15 is 0 Å². The van der Waals surface area contributed by atoms with Crippen LogP contribution in [0, 0.1) is 18.3 Å². The summed E-state index contributed by atoms with van der Waals surface area (Å²) in [5, 5.41) is 53.8. The van der Waals surface area contributed by atoms with E-state index in [1.807, 2.05) is 0 Å². The Kier molecular flexibility index (Phi) is 10.1. The van der Waals surface area contributed by atoms with Crippen LogP contribution in [0.2, 0.25) is 0 Å². The van der Waals surface area contributed by atoms with Gasteiger partial charge >= 0.3 is 18.0 Å². The number of anilines is 1. The van der Waals surface area contributed by atoms with Gasteiger partial charge in [-0.3, -0.25) is 9.59 Å². The number of benzene rings is 1. The van der Waals surface area contributed by atoms with Crippen LogP contribution in [-0.2, 0) is 14.3 Å². The number of carbonyl (C=O) groups excluding carboxylic acids is 1. The number of carbonyl (C=O) groups is 3. The molecule has 0 radical (unpaired) electrons. The zero-order chi connectivity index (χ0) is 25.3. The molecule has 1 fully saturated rings. The maximum atomic E-state index is 11.9. The number of carboxylic acid groups (broad SMARTS) is 2. The molecule has 0 aromatic heterocycles. The molecule has 0 aliphatic carbocycles. The third kappa shape index (κ3) is 7.60. The van der Waals surface area contributed by atoms with Gasteiger partial charge in [0.2, 0.25) is 6.29 Å². The Hall–Kier alpha value is -3.37. The highest BCUT2D eigenvalue weighted by atomic mass is 16.7. The highest BCUT2D eigenvalue weighted by molar-refractivity contribution is 5.92. The Bertz CT molecular complexity index is 871. The van der Waals surface area contributed by atoms with Gasteiger partial charge in [-0.15, -0.1) is 12.3 Å². The average Bonchev–Trinajstić information content (AvgIpc) is 2.79. The summed E-state index contributed by atoms with van der Waals surface area (Å²) in [5.74, 6) is -2.48. The van der Waals surface area contributed by atoms with Gasteiger partial charge in [0, 0.05) is 25.1 Å². The molecular formula is C22H28N2O10. The molecule has 0 saturated carbocycles. The molecule has 1 aromatic carbocycles. The maximum absolute atomic E-state index is 11.9. The molecule has 2 amide bonds. The number of aliphatic carboxylic acids is 2. The highest BCUT2D eigenvalue weighted by Crippen LogP contribution is 2.28. The third-order valence-corrected chi connectivity index (χ3v) is 5.13. The zero-order valence-electron chi connectivity index (χ0n) is 18.2. The van der Waals surface area contributed by atoms with Crippen LogP contribution in [0.3, 0.4) is 0 Å². The topological polar surface area (TPSA) is 195 Å². The normalized spacial score (nSPS) is 24.1. The molecule has 1 aromatic rings. The fourth-order valence-corrected chi connectivity index (χ4v) is 3.23. The van der Waals surface area contributed by atoms with Crippen molar-refractivity contribution < 1.29 is 49.4 Å². The molecule has 2 rings (SSSR count). The third-order valence-electron chi connectivity index (χ3n) is 5.13. The molecule has 186 valence electrons. The molecule has 1 heterocycles. The van der Waals surface area contributed by atoms with Gasteiger partial charge in [-0.25, -0.2) is 4.79 Å². The van der Waals surface area contributed by atoms with Crippen molar-refractivity contribution in [3.05, 3.63) is 24.3 Å². The summed E-state index contributed by atoms with van der Waals surface area (Å²) < 4.78 is 10.9. The Morgan fingerprint density at radius 2 is 1.68 bits per heavy atom. The van der Waals surface area contributed by atoms with Gasteiger partial charge in [0.1, 0.15) is 24.1 Å². The largest absolute Gasteiger partial charge is 0.481 e. The number of hydrogen-bond donors (Lipinski definition) is 7. The molecule has 1 aliphatic rings.